The maximum Gasteiger partial charge on any atom is 0.182 e. The van der Waals surface area contributed by atoms with Gasteiger partial charge < -0.3 is 5.73 Å². The molecule has 0 aromatic heterocycles. The van der Waals surface area contributed by atoms with Gasteiger partial charge in [0.15, 0.2) is 19.7 Å². The predicted octanol–water partition coefficient (Wildman–Crippen LogP) is 1.38. The molecule has 21 heavy (non-hydrogen) atoms. The number of hydrogen-bond donors (Lipinski definition) is 1. The molecule has 1 aromatic rings. The normalized spacial score (nSPS) is 25.9. The van der Waals surface area contributed by atoms with E-state index in [1.807, 2.05) is 13.8 Å². The molecule has 0 amide bonds. The lowest BCUT2D eigenvalue weighted by Gasteiger charge is -2.26. The summed E-state index contributed by atoms with van der Waals surface area (Å²) >= 11 is 0. The summed E-state index contributed by atoms with van der Waals surface area (Å²) in [7, 11) is -6.87. The Labute approximate surface area is 126 Å². The molecule has 1 fully saturated rings. The standard InChI is InChI=1S/C14H21NO4S2/c1-14(2)9-8-12(13(14)15)21(18,19)11-6-4-10(5-7-11)20(3,16)17/h4-7,12-13H,8-9,15H2,1-3H3. The van der Waals surface area contributed by atoms with E-state index < -0.39 is 31.0 Å². The van der Waals surface area contributed by atoms with Crippen LogP contribution < -0.4 is 5.73 Å². The minimum absolute atomic E-state index is 0.109. The van der Waals surface area contributed by atoms with Gasteiger partial charge in [0.05, 0.1) is 15.0 Å². The van der Waals surface area contributed by atoms with Gasteiger partial charge in [0.1, 0.15) is 0 Å². The molecule has 2 rings (SSSR count). The Morgan fingerprint density at radius 2 is 1.52 bits per heavy atom. The van der Waals surface area contributed by atoms with Crippen LogP contribution in [0.25, 0.3) is 0 Å². The van der Waals surface area contributed by atoms with Gasteiger partial charge in [0, 0.05) is 12.3 Å². The summed E-state index contributed by atoms with van der Waals surface area (Å²) in [5, 5.41) is -0.614. The Morgan fingerprint density at radius 1 is 1.05 bits per heavy atom. The Bertz CT molecular complexity index is 734. The summed E-state index contributed by atoms with van der Waals surface area (Å²) in [6, 6.07) is 4.94. The second-order valence-corrected chi connectivity index (χ2v) is 10.6. The van der Waals surface area contributed by atoms with Crippen molar-refractivity contribution in [3.8, 4) is 0 Å². The Kier molecular flexibility index (Phi) is 3.97. The molecule has 2 atom stereocenters. The monoisotopic (exact) mass is 331 g/mol. The maximum absolute atomic E-state index is 12.7. The van der Waals surface area contributed by atoms with E-state index in [1.54, 1.807) is 0 Å². The minimum Gasteiger partial charge on any atom is -0.326 e. The van der Waals surface area contributed by atoms with E-state index in [9.17, 15) is 16.8 Å². The molecular formula is C14H21NO4S2. The van der Waals surface area contributed by atoms with Crippen LogP contribution in [0.1, 0.15) is 26.7 Å². The number of hydrogen-bond acceptors (Lipinski definition) is 5. The number of nitrogens with two attached hydrogens (primary N) is 1. The molecule has 5 nitrogen and oxygen atoms in total. The van der Waals surface area contributed by atoms with Gasteiger partial charge in [-0.2, -0.15) is 0 Å². The van der Waals surface area contributed by atoms with Crippen LogP contribution in [-0.4, -0.2) is 34.4 Å². The van der Waals surface area contributed by atoms with Crippen molar-refractivity contribution in [2.24, 2.45) is 11.1 Å². The molecular weight excluding hydrogens is 310 g/mol. The molecule has 1 aliphatic carbocycles. The second kappa shape index (κ2) is 5.07. The van der Waals surface area contributed by atoms with Crippen LogP contribution in [-0.2, 0) is 19.7 Å². The molecule has 7 heteroatoms. The van der Waals surface area contributed by atoms with Crippen molar-refractivity contribution in [3.63, 3.8) is 0 Å². The van der Waals surface area contributed by atoms with Gasteiger partial charge in [-0.15, -0.1) is 0 Å². The lowest BCUT2D eigenvalue weighted by atomic mass is 9.88. The zero-order valence-electron chi connectivity index (χ0n) is 12.4. The van der Waals surface area contributed by atoms with Crippen molar-refractivity contribution in [1.82, 2.24) is 0 Å². The van der Waals surface area contributed by atoms with Gasteiger partial charge in [0.25, 0.3) is 0 Å². The molecule has 0 spiro atoms. The highest BCUT2D eigenvalue weighted by Gasteiger charge is 2.46. The van der Waals surface area contributed by atoms with Crippen LogP contribution in [0.15, 0.2) is 34.1 Å². The van der Waals surface area contributed by atoms with E-state index in [2.05, 4.69) is 0 Å². The van der Waals surface area contributed by atoms with Gasteiger partial charge in [-0.25, -0.2) is 16.8 Å². The summed E-state index contributed by atoms with van der Waals surface area (Å²) < 4.78 is 48.2. The third kappa shape index (κ3) is 3.00. The van der Waals surface area contributed by atoms with Gasteiger partial charge in [0.2, 0.25) is 0 Å². The van der Waals surface area contributed by atoms with Crippen molar-refractivity contribution in [2.75, 3.05) is 6.26 Å². The van der Waals surface area contributed by atoms with E-state index >= 15 is 0 Å². The Balaban J connectivity index is 2.38. The highest BCUT2D eigenvalue weighted by molar-refractivity contribution is 7.92. The summed E-state index contributed by atoms with van der Waals surface area (Å²) in [5.41, 5.74) is 5.90. The molecule has 0 radical (unpaired) electrons. The molecule has 1 aromatic carbocycles. The minimum atomic E-state index is -3.54. The van der Waals surface area contributed by atoms with Crippen LogP contribution >= 0.6 is 0 Å². The average molecular weight is 331 g/mol. The first-order chi connectivity index (χ1) is 9.46. The lowest BCUT2D eigenvalue weighted by Crippen LogP contribution is -2.43. The molecule has 118 valence electrons. The first-order valence-electron chi connectivity index (χ1n) is 6.76. The fourth-order valence-corrected chi connectivity index (χ4v) is 5.44. The predicted molar refractivity (Wildman–Crippen MR) is 81.5 cm³/mol. The van der Waals surface area contributed by atoms with Gasteiger partial charge in [-0.3, -0.25) is 0 Å². The first-order valence-corrected chi connectivity index (χ1v) is 10.2. The highest BCUT2D eigenvalue weighted by Crippen LogP contribution is 2.41. The highest BCUT2D eigenvalue weighted by atomic mass is 32.2. The van der Waals surface area contributed by atoms with E-state index in [0.717, 1.165) is 12.7 Å². The molecule has 0 bridgehead atoms. The fraction of sp³-hybridized carbons (Fsp3) is 0.571. The third-order valence-electron chi connectivity index (χ3n) is 4.36. The zero-order chi connectivity index (χ0) is 16.1. The van der Waals surface area contributed by atoms with E-state index in [-0.39, 0.29) is 15.2 Å². The van der Waals surface area contributed by atoms with Gasteiger partial charge in [-0.1, -0.05) is 13.8 Å². The van der Waals surface area contributed by atoms with Crippen LogP contribution in [0.4, 0.5) is 0 Å². The summed E-state index contributed by atoms with van der Waals surface area (Å²) in [4.78, 5) is 0.241. The zero-order valence-corrected chi connectivity index (χ0v) is 14.0. The Hall–Kier alpha value is -0.920. The number of sulfone groups is 2. The molecule has 0 saturated heterocycles. The molecule has 2 unspecified atom stereocenters. The van der Waals surface area contributed by atoms with E-state index in [0.29, 0.717) is 6.42 Å². The summed E-state index contributed by atoms with van der Waals surface area (Å²) in [5.74, 6) is 0. The van der Waals surface area contributed by atoms with Crippen molar-refractivity contribution >= 4 is 19.7 Å². The summed E-state index contributed by atoms with van der Waals surface area (Å²) in [6.07, 6.45) is 2.38. The van der Waals surface area contributed by atoms with Crippen LogP contribution in [0.3, 0.4) is 0 Å². The van der Waals surface area contributed by atoms with Crippen molar-refractivity contribution in [2.45, 2.75) is 47.8 Å². The second-order valence-electron chi connectivity index (χ2n) is 6.38. The number of rotatable bonds is 3. The van der Waals surface area contributed by atoms with Gasteiger partial charge >= 0.3 is 0 Å². The van der Waals surface area contributed by atoms with Crippen molar-refractivity contribution in [1.29, 1.82) is 0 Å². The SMILES string of the molecule is CC1(C)CCC(S(=O)(=O)c2ccc(S(C)(=O)=O)cc2)C1N. The molecule has 1 saturated carbocycles. The van der Waals surface area contributed by atoms with Crippen molar-refractivity contribution < 1.29 is 16.8 Å². The van der Waals surface area contributed by atoms with E-state index in [1.165, 1.54) is 24.3 Å². The quantitative estimate of drug-likeness (QED) is 0.903. The molecule has 0 heterocycles. The fourth-order valence-electron chi connectivity index (χ4n) is 2.76. The first kappa shape index (κ1) is 16.5. The van der Waals surface area contributed by atoms with Crippen molar-refractivity contribution in [3.05, 3.63) is 24.3 Å². The Morgan fingerprint density at radius 3 is 1.90 bits per heavy atom. The largest absolute Gasteiger partial charge is 0.326 e. The summed E-state index contributed by atoms with van der Waals surface area (Å²) in [6.45, 7) is 3.94. The molecule has 1 aliphatic rings. The van der Waals surface area contributed by atoms with E-state index in [4.69, 9.17) is 5.73 Å². The number of benzene rings is 1. The topological polar surface area (TPSA) is 94.3 Å². The third-order valence-corrected chi connectivity index (χ3v) is 7.74. The molecule has 0 aliphatic heterocycles. The smallest absolute Gasteiger partial charge is 0.182 e. The van der Waals surface area contributed by atoms with Crippen LogP contribution in [0.5, 0.6) is 0 Å². The van der Waals surface area contributed by atoms with Crippen LogP contribution in [0.2, 0.25) is 0 Å². The average Bonchev–Trinajstić information content (AvgIpc) is 2.64. The van der Waals surface area contributed by atoms with Crippen LogP contribution in [0, 0.1) is 5.41 Å². The maximum atomic E-state index is 12.7. The van der Waals surface area contributed by atoms with Gasteiger partial charge in [-0.05, 0) is 42.5 Å². The lowest BCUT2D eigenvalue weighted by molar-refractivity contribution is 0.332. The molecule has 2 N–H and O–H groups in total.